The summed E-state index contributed by atoms with van der Waals surface area (Å²) >= 11 is 6.96. The summed E-state index contributed by atoms with van der Waals surface area (Å²) in [4.78, 5) is 4.42. The number of nitrogens with zero attached hydrogens (tertiary/aromatic N) is 1. The Morgan fingerprint density at radius 2 is 2.14 bits per heavy atom. The van der Waals surface area contributed by atoms with Crippen LogP contribution < -0.4 is 16.0 Å². The quantitative estimate of drug-likeness (QED) is 0.597. The maximum absolute atomic E-state index is 5.77. The normalized spacial score (nSPS) is 14.6. The molecule has 1 aromatic carbocycles. The first kappa shape index (κ1) is 15.0. The molecular formula is C15H15Br2N3O. The molecule has 0 spiro atoms. The number of ether oxygens (including phenoxy) is 1. The third-order valence-corrected chi connectivity index (χ3v) is 4.48. The highest BCUT2D eigenvalue weighted by molar-refractivity contribution is 9.10. The number of fused-ring (bicyclic) bond motifs is 1. The molecule has 2 heterocycles. The zero-order valence-electron chi connectivity index (χ0n) is 11.3. The number of aromatic nitrogens is 1. The van der Waals surface area contributed by atoms with Crippen molar-refractivity contribution in [3.05, 3.63) is 56.2 Å². The van der Waals surface area contributed by atoms with Crippen molar-refractivity contribution >= 4 is 31.9 Å². The molecule has 0 fully saturated rings. The zero-order valence-corrected chi connectivity index (χ0v) is 14.4. The summed E-state index contributed by atoms with van der Waals surface area (Å²) in [5.74, 6) is 6.72. The fourth-order valence-electron chi connectivity index (χ4n) is 2.56. The molecule has 6 heteroatoms. The van der Waals surface area contributed by atoms with Crippen LogP contribution in [0.2, 0.25) is 0 Å². The Bertz CT molecular complexity index is 646. The Hall–Kier alpha value is -0.950. The van der Waals surface area contributed by atoms with Crippen LogP contribution >= 0.6 is 31.9 Å². The average molecular weight is 413 g/mol. The lowest BCUT2D eigenvalue weighted by atomic mass is 10.00. The van der Waals surface area contributed by atoms with E-state index in [2.05, 4.69) is 54.4 Å². The lowest BCUT2D eigenvalue weighted by Gasteiger charge is -2.17. The van der Waals surface area contributed by atoms with E-state index in [1.54, 1.807) is 6.20 Å². The molecule has 1 atom stereocenters. The first-order valence-electron chi connectivity index (χ1n) is 6.69. The SMILES string of the molecule is NNC(Cc1cc(Br)cc2c1OCC2)c1ccc(Br)cn1. The largest absolute Gasteiger partial charge is 0.493 e. The van der Waals surface area contributed by atoms with E-state index in [1.807, 2.05) is 12.1 Å². The van der Waals surface area contributed by atoms with Crippen molar-refractivity contribution in [2.75, 3.05) is 6.61 Å². The van der Waals surface area contributed by atoms with Crippen molar-refractivity contribution in [3.63, 3.8) is 0 Å². The fraction of sp³-hybridized carbons (Fsp3) is 0.267. The molecular weight excluding hydrogens is 398 g/mol. The highest BCUT2D eigenvalue weighted by Crippen LogP contribution is 2.35. The molecule has 3 N–H and O–H groups in total. The maximum atomic E-state index is 5.77. The van der Waals surface area contributed by atoms with Gasteiger partial charge in [0.2, 0.25) is 0 Å². The highest BCUT2D eigenvalue weighted by Gasteiger charge is 2.21. The number of hydrogen-bond acceptors (Lipinski definition) is 4. The fourth-order valence-corrected chi connectivity index (χ4v) is 3.35. The van der Waals surface area contributed by atoms with Crippen molar-refractivity contribution < 1.29 is 4.74 Å². The Balaban J connectivity index is 1.89. The van der Waals surface area contributed by atoms with Crippen molar-refractivity contribution in [2.24, 2.45) is 5.84 Å². The number of hydrazine groups is 1. The summed E-state index contributed by atoms with van der Waals surface area (Å²) in [6.07, 6.45) is 3.47. The van der Waals surface area contributed by atoms with Crippen molar-refractivity contribution in [3.8, 4) is 5.75 Å². The summed E-state index contributed by atoms with van der Waals surface area (Å²) in [7, 11) is 0. The van der Waals surface area contributed by atoms with E-state index in [4.69, 9.17) is 10.6 Å². The van der Waals surface area contributed by atoms with E-state index in [9.17, 15) is 0 Å². The zero-order chi connectivity index (χ0) is 14.8. The first-order chi connectivity index (χ1) is 10.2. The van der Waals surface area contributed by atoms with Gasteiger partial charge in [-0.1, -0.05) is 15.9 Å². The highest BCUT2D eigenvalue weighted by atomic mass is 79.9. The molecule has 3 rings (SSSR count). The Labute approximate surface area is 140 Å². The van der Waals surface area contributed by atoms with Crippen LogP contribution in [0, 0.1) is 0 Å². The second-order valence-corrected chi connectivity index (χ2v) is 6.81. The molecule has 0 radical (unpaired) electrons. The molecule has 1 aliphatic heterocycles. The molecule has 1 unspecified atom stereocenters. The minimum atomic E-state index is -0.0549. The van der Waals surface area contributed by atoms with Crippen LogP contribution in [0.5, 0.6) is 5.75 Å². The minimum absolute atomic E-state index is 0.0549. The summed E-state index contributed by atoms with van der Waals surface area (Å²) in [6.45, 7) is 0.746. The molecule has 0 aliphatic carbocycles. The van der Waals surface area contributed by atoms with Crippen molar-refractivity contribution in [1.29, 1.82) is 0 Å². The van der Waals surface area contributed by atoms with Gasteiger partial charge < -0.3 is 4.74 Å². The Kier molecular flexibility index (Phi) is 4.59. The third kappa shape index (κ3) is 3.29. The summed E-state index contributed by atoms with van der Waals surface area (Å²) in [6, 6.07) is 8.09. The number of hydrogen-bond donors (Lipinski definition) is 2. The monoisotopic (exact) mass is 411 g/mol. The maximum Gasteiger partial charge on any atom is 0.125 e. The van der Waals surface area contributed by atoms with E-state index in [-0.39, 0.29) is 6.04 Å². The van der Waals surface area contributed by atoms with Gasteiger partial charge in [0, 0.05) is 21.6 Å². The smallest absolute Gasteiger partial charge is 0.125 e. The van der Waals surface area contributed by atoms with Gasteiger partial charge >= 0.3 is 0 Å². The second kappa shape index (κ2) is 6.44. The number of nitrogens with one attached hydrogen (secondary N) is 1. The van der Waals surface area contributed by atoms with Gasteiger partial charge in [0.15, 0.2) is 0 Å². The van der Waals surface area contributed by atoms with Crippen molar-refractivity contribution in [1.82, 2.24) is 10.4 Å². The van der Waals surface area contributed by atoms with Crippen LogP contribution in [0.15, 0.2) is 39.4 Å². The van der Waals surface area contributed by atoms with Crippen LogP contribution in [0.4, 0.5) is 0 Å². The van der Waals surface area contributed by atoms with E-state index < -0.39 is 0 Å². The van der Waals surface area contributed by atoms with Gasteiger partial charge in [-0.15, -0.1) is 0 Å². The van der Waals surface area contributed by atoms with Crippen LogP contribution in [0.3, 0.4) is 0 Å². The van der Waals surface area contributed by atoms with Gasteiger partial charge in [-0.25, -0.2) is 0 Å². The second-order valence-electron chi connectivity index (χ2n) is 4.98. The standard InChI is InChI=1S/C15H15Br2N3O/c16-11-1-2-13(19-8-11)14(20-18)7-10-6-12(17)5-9-3-4-21-15(9)10/h1-2,5-6,8,14,20H,3-4,7,18H2. The summed E-state index contributed by atoms with van der Waals surface area (Å²) in [5.41, 5.74) is 6.15. The molecule has 110 valence electrons. The molecule has 1 aromatic heterocycles. The molecule has 0 saturated heterocycles. The van der Waals surface area contributed by atoms with Gasteiger partial charge in [-0.3, -0.25) is 16.3 Å². The van der Waals surface area contributed by atoms with E-state index in [0.29, 0.717) is 0 Å². The predicted octanol–water partition coefficient (Wildman–Crippen LogP) is 3.29. The molecule has 2 aromatic rings. The number of benzene rings is 1. The number of rotatable bonds is 4. The van der Waals surface area contributed by atoms with Gasteiger partial charge in [0.05, 0.1) is 18.3 Å². The number of halogens is 2. The number of nitrogens with two attached hydrogens (primary N) is 1. The first-order valence-corrected chi connectivity index (χ1v) is 8.27. The average Bonchev–Trinajstić information content (AvgIpc) is 2.94. The predicted molar refractivity (Wildman–Crippen MR) is 89.0 cm³/mol. The molecule has 0 saturated carbocycles. The molecule has 4 nitrogen and oxygen atoms in total. The Morgan fingerprint density at radius 1 is 1.29 bits per heavy atom. The van der Waals surface area contributed by atoms with Gasteiger partial charge in [-0.05, 0) is 57.7 Å². The van der Waals surface area contributed by atoms with Crippen molar-refractivity contribution in [2.45, 2.75) is 18.9 Å². The third-order valence-electron chi connectivity index (χ3n) is 3.56. The summed E-state index contributed by atoms with van der Waals surface area (Å²) in [5, 5.41) is 0. The van der Waals surface area contributed by atoms with Crippen LogP contribution in [0.1, 0.15) is 22.9 Å². The summed E-state index contributed by atoms with van der Waals surface area (Å²) < 4.78 is 7.79. The minimum Gasteiger partial charge on any atom is -0.493 e. The molecule has 0 bridgehead atoms. The molecule has 1 aliphatic rings. The lowest BCUT2D eigenvalue weighted by molar-refractivity contribution is 0.351. The van der Waals surface area contributed by atoms with E-state index in [1.165, 1.54) is 5.56 Å². The topological polar surface area (TPSA) is 60.2 Å². The Morgan fingerprint density at radius 3 is 2.86 bits per heavy atom. The van der Waals surface area contributed by atoms with E-state index >= 15 is 0 Å². The number of pyridine rings is 1. The van der Waals surface area contributed by atoms with Gasteiger partial charge in [-0.2, -0.15) is 0 Å². The van der Waals surface area contributed by atoms with Crippen LogP contribution in [0.25, 0.3) is 0 Å². The molecule has 21 heavy (non-hydrogen) atoms. The van der Waals surface area contributed by atoms with Gasteiger partial charge in [0.25, 0.3) is 0 Å². The lowest BCUT2D eigenvalue weighted by Crippen LogP contribution is -2.30. The van der Waals surface area contributed by atoms with Crippen LogP contribution in [-0.4, -0.2) is 11.6 Å². The van der Waals surface area contributed by atoms with Gasteiger partial charge in [0.1, 0.15) is 5.75 Å². The van der Waals surface area contributed by atoms with Crippen LogP contribution in [-0.2, 0) is 12.8 Å². The molecule has 0 amide bonds. The van der Waals surface area contributed by atoms with E-state index in [0.717, 1.165) is 45.4 Å².